The first-order chi connectivity index (χ1) is 7.13. The molecule has 0 aromatic heterocycles. The highest BCUT2D eigenvalue weighted by Gasteiger charge is 2.07. The van der Waals surface area contributed by atoms with E-state index < -0.39 is 0 Å². The molecule has 0 amide bonds. The summed E-state index contributed by atoms with van der Waals surface area (Å²) in [6, 6.07) is 7.06. The molecule has 2 unspecified atom stereocenters. The van der Waals surface area contributed by atoms with Gasteiger partial charge in [0.2, 0.25) is 0 Å². The predicted octanol–water partition coefficient (Wildman–Crippen LogP) is 3.45. The van der Waals surface area contributed by atoms with Crippen LogP contribution in [0.15, 0.2) is 24.3 Å². The Morgan fingerprint density at radius 1 is 1.20 bits per heavy atom. The molecule has 0 heterocycles. The van der Waals surface area contributed by atoms with E-state index in [-0.39, 0.29) is 5.82 Å². The normalized spacial score (nSPS) is 14.9. The van der Waals surface area contributed by atoms with Gasteiger partial charge in [-0.15, -0.1) is 0 Å². The van der Waals surface area contributed by atoms with E-state index in [1.54, 1.807) is 0 Å². The van der Waals surface area contributed by atoms with Crippen molar-refractivity contribution >= 4 is 0 Å². The Labute approximate surface area is 91.5 Å². The monoisotopic (exact) mass is 209 g/mol. The van der Waals surface area contributed by atoms with Crippen molar-refractivity contribution in [3.8, 4) is 0 Å². The van der Waals surface area contributed by atoms with Crippen molar-refractivity contribution in [2.24, 2.45) is 5.73 Å². The minimum absolute atomic E-state index is 0.170. The van der Waals surface area contributed by atoms with Gasteiger partial charge in [0.05, 0.1) is 0 Å². The van der Waals surface area contributed by atoms with Crippen LogP contribution in [0.25, 0.3) is 0 Å². The third-order valence-electron chi connectivity index (χ3n) is 2.93. The fraction of sp³-hybridized carbons (Fsp3) is 0.538. The van der Waals surface area contributed by atoms with E-state index in [4.69, 9.17) is 5.73 Å². The highest BCUT2D eigenvalue weighted by molar-refractivity contribution is 5.19. The summed E-state index contributed by atoms with van der Waals surface area (Å²) in [4.78, 5) is 0. The first-order valence-corrected chi connectivity index (χ1v) is 5.64. The first-order valence-electron chi connectivity index (χ1n) is 5.64. The lowest BCUT2D eigenvalue weighted by molar-refractivity contribution is 0.530. The average Bonchev–Trinajstić information content (AvgIpc) is 2.26. The van der Waals surface area contributed by atoms with Crippen molar-refractivity contribution < 1.29 is 4.39 Å². The minimum Gasteiger partial charge on any atom is -0.328 e. The molecule has 84 valence electrons. The van der Waals surface area contributed by atoms with Crippen molar-refractivity contribution in [1.29, 1.82) is 0 Å². The summed E-state index contributed by atoms with van der Waals surface area (Å²) in [7, 11) is 0. The lowest BCUT2D eigenvalue weighted by atomic mass is 9.94. The molecule has 0 radical (unpaired) electrons. The number of rotatable bonds is 5. The lowest BCUT2D eigenvalue weighted by Gasteiger charge is -2.14. The van der Waals surface area contributed by atoms with Gasteiger partial charge in [0.25, 0.3) is 0 Å². The Hall–Kier alpha value is -0.890. The summed E-state index contributed by atoms with van der Waals surface area (Å²) >= 11 is 0. The summed E-state index contributed by atoms with van der Waals surface area (Å²) in [5.74, 6) is 0.291. The minimum atomic E-state index is -0.170. The molecular formula is C13H20FN. The van der Waals surface area contributed by atoms with E-state index >= 15 is 0 Å². The van der Waals surface area contributed by atoms with E-state index in [0.29, 0.717) is 12.0 Å². The molecule has 0 aliphatic heterocycles. The van der Waals surface area contributed by atoms with Crippen LogP contribution in [0.3, 0.4) is 0 Å². The smallest absolute Gasteiger partial charge is 0.123 e. The van der Waals surface area contributed by atoms with Crippen LogP contribution in [0.4, 0.5) is 4.39 Å². The van der Waals surface area contributed by atoms with Crippen LogP contribution in [0.1, 0.15) is 44.6 Å². The summed E-state index contributed by atoms with van der Waals surface area (Å²) in [6.07, 6.45) is 3.13. The predicted molar refractivity (Wildman–Crippen MR) is 62.3 cm³/mol. The van der Waals surface area contributed by atoms with E-state index in [1.165, 1.54) is 17.7 Å². The second-order valence-corrected chi connectivity index (χ2v) is 4.20. The summed E-state index contributed by atoms with van der Waals surface area (Å²) in [5, 5.41) is 0. The Balaban J connectivity index is 2.46. The molecule has 2 heteroatoms. The van der Waals surface area contributed by atoms with Gasteiger partial charge in [-0.1, -0.05) is 26.0 Å². The maximum atomic E-state index is 12.7. The maximum absolute atomic E-state index is 12.7. The van der Waals surface area contributed by atoms with Gasteiger partial charge in [-0.2, -0.15) is 0 Å². The zero-order valence-electron chi connectivity index (χ0n) is 9.54. The molecule has 2 N–H and O–H groups in total. The summed E-state index contributed by atoms with van der Waals surface area (Å²) < 4.78 is 12.7. The van der Waals surface area contributed by atoms with Crippen LogP contribution in [0.5, 0.6) is 0 Å². The molecule has 0 fully saturated rings. The standard InChI is InChI=1S/C13H20FN/c1-3-13(15)9-4-10(2)11-5-7-12(14)8-6-11/h5-8,10,13H,3-4,9,15H2,1-2H3. The molecule has 0 spiro atoms. The van der Waals surface area contributed by atoms with Crippen LogP contribution in [-0.4, -0.2) is 6.04 Å². The number of hydrogen-bond donors (Lipinski definition) is 1. The molecule has 1 rings (SSSR count). The molecule has 1 aromatic carbocycles. The number of halogens is 1. The Bertz CT molecular complexity index is 281. The van der Waals surface area contributed by atoms with E-state index in [9.17, 15) is 4.39 Å². The first kappa shape index (κ1) is 12.2. The fourth-order valence-electron chi connectivity index (χ4n) is 1.63. The van der Waals surface area contributed by atoms with Crippen LogP contribution < -0.4 is 5.73 Å². The highest BCUT2D eigenvalue weighted by atomic mass is 19.1. The van der Waals surface area contributed by atoms with Crippen molar-refractivity contribution in [3.63, 3.8) is 0 Å². The van der Waals surface area contributed by atoms with Gasteiger partial charge in [-0.3, -0.25) is 0 Å². The Morgan fingerprint density at radius 3 is 2.33 bits per heavy atom. The van der Waals surface area contributed by atoms with Gasteiger partial charge in [0, 0.05) is 6.04 Å². The fourth-order valence-corrected chi connectivity index (χ4v) is 1.63. The SMILES string of the molecule is CCC(N)CCC(C)c1ccc(F)cc1. The Morgan fingerprint density at radius 2 is 1.80 bits per heavy atom. The molecule has 1 aromatic rings. The average molecular weight is 209 g/mol. The third-order valence-corrected chi connectivity index (χ3v) is 2.93. The number of benzene rings is 1. The number of hydrogen-bond acceptors (Lipinski definition) is 1. The van der Waals surface area contributed by atoms with Crippen molar-refractivity contribution in [3.05, 3.63) is 35.6 Å². The third kappa shape index (κ3) is 4.00. The highest BCUT2D eigenvalue weighted by Crippen LogP contribution is 2.21. The topological polar surface area (TPSA) is 26.0 Å². The second-order valence-electron chi connectivity index (χ2n) is 4.20. The second kappa shape index (κ2) is 5.86. The molecule has 0 saturated heterocycles. The van der Waals surface area contributed by atoms with E-state index in [0.717, 1.165) is 19.3 Å². The summed E-state index contributed by atoms with van der Waals surface area (Å²) in [6.45, 7) is 4.27. The van der Waals surface area contributed by atoms with Gasteiger partial charge >= 0.3 is 0 Å². The maximum Gasteiger partial charge on any atom is 0.123 e. The molecule has 0 saturated carbocycles. The number of nitrogens with two attached hydrogens (primary N) is 1. The van der Waals surface area contributed by atoms with Crippen molar-refractivity contribution in [2.45, 2.75) is 45.1 Å². The summed E-state index contributed by atoms with van der Waals surface area (Å²) in [5.41, 5.74) is 7.06. The molecule has 0 aliphatic rings. The van der Waals surface area contributed by atoms with Gasteiger partial charge in [0.1, 0.15) is 5.82 Å². The van der Waals surface area contributed by atoms with Gasteiger partial charge < -0.3 is 5.73 Å². The molecule has 0 bridgehead atoms. The van der Waals surface area contributed by atoms with Gasteiger partial charge in [-0.25, -0.2) is 4.39 Å². The lowest BCUT2D eigenvalue weighted by Crippen LogP contribution is -2.18. The van der Waals surface area contributed by atoms with E-state index in [2.05, 4.69) is 13.8 Å². The largest absolute Gasteiger partial charge is 0.328 e. The van der Waals surface area contributed by atoms with Crippen molar-refractivity contribution in [2.75, 3.05) is 0 Å². The molecular weight excluding hydrogens is 189 g/mol. The van der Waals surface area contributed by atoms with Crippen LogP contribution in [0.2, 0.25) is 0 Å². The van der Waals surface area contributed by atoms with E-state index in [1.807, 2.05) is 12.1 Å². The van der Waals surface area contributed by atoms with Crippen LogP contribution in [0, 0.1) is 5.82 Å². The van der Waals surface area contributed by atoms with Crippen LogP contribution >= 0.6 is 0 Å². The van der Waals surface area contributed by atoms with Gasteiger partial charge in [0.15, 0.2) is 0 Å². The zero-order chi connectivity index (χ0) is 11.3. The quantitative estimate of drug-likeness (QED) is 0.789. The molecule has 2 atom stereocenters. The zero-order valence-corrected chi connectivity index (χ0v) is 9.54. The van der Waals surface area contributed by atoms with Crippen molar-refractivity contribution in [1.82, 2.24) is 0 Å². The molecule has 0 aliphatic carbocycles. The molecule has 15 heavy (non-hydrogen) atoms. The van der Waals surface area contributed by atoms with Gasteiger partial charge in [-0.05, 0) is 42.9 Å². The molecule has 1 nitrogen and oxygen atoms in total. The van der Waals surface area contributed by atoms with Crippen LogP contribution in [-0.2, 0) is 0 Å². The Kier molecular flexibility index (Phi) is 4.76.